The van der Waals surface area contributed by atoms with Gasteiger partial charge in [0.25, 0.3) is 0 Å². The first-order valence-electron chi connectivity index (χ1n) is 8.41. The van der Waals surface area contributed by atoms with E-state index >= 15 is 0 Å². The molecule has 5 aromatic rings. The molecule has 27 heavy (non-hydrogen) atoms. The third-order valence-electron chi connectivity index (χ3n) is 4.62. The lowest BCUT2D eigenvalue weighted by atomic mass is 10.0. The summed E-state index contributed by atoms with van der Waals surface area (Å²) in [6.45, 7) is 0. The van der Waals surface area contributed by atoms with Crippen LogP contribution >= 0.6 is 23.2 Å². The van der Waals surface area contributed by atoms with Crippen molar-refractivity contribution in [3.63, 3.8) is 0 Å². The highest BCUT2D eigenvalue weighted by atomic mass is 35.5. The van der Waals surface area contributed by atoms with Gasteiger partial charge in [0, 0.05) is 31.9 Å². The second kappa shape index (κ2) is 6.38. The highest BCUT2D eigenvalue weighted by Gasteiger charge is 2.15. The molecular weight excluding hydrogens is 379 g/mol. The minimum absolute atomic E-state index is 0.455. The van der Waals surface area contributed by atoms with E-state index in [1.807, 2.05) is 72.8 Å². The third kappa shape index (κ3) is 2.67. The molecule has 5 rings (SSSR count). The minimum atomic E-state index is 0.455. The van der Waals surface area contributed by atoms with Crippen molar-refractivity contribution in [2.24, 2.45) is 0 Å². The number of hydrogen-bond donors (Lipinski definition) is 0. The Hall–Kier alpha value is -2.88. The molecule has 0 saturated carbocycles. The van der Waals surface area contributed by atoms with Crippen LogP contribution in [0.25, 0.3) is 44.5 Å². The molecule has 1 heterocycles. The zero-order chi connectivity index (χ0) is 18.4. The standard InChI is InChI=1S/C22H12Cl2N2O/c23-19-11-3-5-13-15(19)7-1-9-17(13)21-25-26-22(27-21)18-10-2-8-16-14(18)6-4-12-20(16)24/h1-12H. The van der Waals surface area contributed by atoms with E-state index in [1.165, 1.54) is 0 Å². The van der Waals surface area contributed by atoms with Crippen LogP contribution < -0.4 is 0 Å². The average Bonchev–Trinajstić information content (AvgIpc) is 3.18. The molecule has 0 saturated heterocycles. The Bertz CT molecular complexity index is 1210. The number of fused-ring (bicyclic) bond motifs is 2. The Kier molecular flexibility index (Phi) is 3.85. The monoisotopic (exact) mass is 390 g/mol. The van der Waals surface area contributed by atoms with E-state index in [0.29, 0.717) is 21.8 Å². The SMILES string of the molecule is Clc1cccc2c(-c3nnc(-c4cccc5c(Cl)cccc45)o3)cccc12. The molecule has 4 aromatic carbocycles. The van der Waals surface area contributed by atoms with Crippen LogP contribution in [0, 0.1) is 0 Å². The van der Waals surface area contributed by atoms with Gasteiger partial charge in [0.05, 0.1) is 0 Å². The van der Waals surface area contributed by atoms with Gasteiger partial charge in [0.15, 0.2) is 0 Å². The number of aromatic nitrogens is 2. The van der Waals surface area contributed by atoms with Crippen molar-refractivity contribution in [3.05, 3.63) is 82.8 Å². The van der Waals surface area contributed by atoms with Gasteiger partial charge in [-0.15, -0.1) is 10.2 Å². The van der Waals surface area contributed by atoms with Crippen LogP contribution in [-0.2, 0) is 0 Å². The van der Waals surface area contributed by atoms with Crippen LogP contribution in [0.4, 0.5) is 0 Å². The first-order chi connectivity index (χ1) is 13.2. The highest BCUT2D eigenvalue weighted by Crippen LogP contribution is 2.35. The van der Waals surface area contributed by atoms with Crippen molar-refractivity contribution >= 4 is 44.7 Å². The molecule has 0 spiro atoms. The summed E-state index contributed by atoms with van der Waals surface area (Å²) >= 11 is 12.6. The molecule has 3 nitrogen and oxygen atoms in total. The van der Waals surface area contributed by atoms with E-state index in [4.69, 9.17) is 27.6 Å². The Morgan fingerprint density at radius 1 is 0.519 bits per heavy atom. The molecule has 1 aromatic heterocycles. The van der Waals surface area contributed by atoms with Crippen molar-refractivity contribution in [2.45, 2.75) is 0 Å². The van der Waals surface area contributed by atoms with Gasteiger partial charge in [-0.25, -0.2) is 0 Å². The molecular formula is C22H12Cl2N2O. The Morgan fingerprint density at radius 2 is 0.926 bits per heavy atom. The number of benzene rings is 4. The maximum atomic E-state index is 6.32. The molecule has 0 atom stereocenters. The summed E-state index contributed by atoms with van der Waals surface area (Å²) in [6, 6.07) is 23.3. The number of nitrogens with zero attached hydrogens (tertiary/aromatic N) is 2. The van der Waals surface area contributed by atoms with Crippen LogP contribution in [0.2, 0.25) is 10.0 Å². The average molecular weight is 391 g/mol. The number of rotatable bonds is 2. The molecule has 5 heteroatoms. The van der Waals surface area contributed by atoms with Gasteiger partial charge in [-0.2, -0.15) is 0 Å². The summed E-state index contributed by atoms with van der Waals surface area (Å²) < 4.78 is 6.04. The van der Waals surface area contributed by atoms with Crippen LogP contribution in [0.1, 0.15) is 0 Å². The highest BCUT2D eigenvalue weighted by molar-refractivity contribution is 6.36. The van der Waals surface area contributed by atoms with Gasteiger partial charge in [-0.05, 0) is 35.0 Å². The lowest BCUT2D eigenvalue weighted by molar-refractivity contribution is 0.586. The Labute approximate surface area is 165 Å². The summed E-state index contributed by atoms with van der Waals surface area (Å²) in [5, 5.41) is 13.8. The number of halogens is 2. The Morgan fingerprint density at radius 3 is 1.41 bits per heavy atom. The van der Waals surface area contributed by atoms with Crippen LogP contribution in [-0.4, -0.2) is 10.2 Å². The molecule has 0 aliphatic carbocycles. The smallest absolute Gasteiger partial charge is 0.248 e. The van der Waals surface area contributed by atoms with Crippen LogP contribution in [0.3, 0.4) is 0 Å². The van der Waals surface area contributed by atoms with Gasteiger partial charge in [0.2, 0.25) is 11.8 Å². The zero-order valence-electron chi connectivity index (χ0n) is 14.0. The molecule has 130 valence electrons. The normalized spacial score (nSPS) is 11.3. The molecule has 0 radical (unpaired) electrons. The molecule has 0 N–H and O–H groups in total. The molecule has 0 aliphatic rings. The van der Waals surface area contributed by atoms with E-state index in [9.17, 15) is 0 Å². The fourth-order valence-electron chi connectivity index (χ4n) is 3.36. The predicted molar refractivity (Wildman–Crippen MR) is 110 cm³/mol. The maximum absolute atomic E-state index is 6.32. The van der Waals surface area contributed by atoms with Crippen molar-refractivity contribution in [2.75, 3.05) is 0 Å². The van der Waals surface area contributed by atoms with Gasteiger partial charge < -0.3 is 4.42 Å². The molecule has 0 amide bonds. The zero-order valence-corrected chi connectivity index (χ0v) is 15.5. The molecule has 0 bridgehead atoms. The summed E-state index contributed by atoms with van der Waals surface area (Å²) in [4.78, 5) is 0. The topological polar surface area (TPSA) is 38.9 Å². The van der Waals surface area contributed by atoms with Gasteiger partial charge in [-0.3, -0.25) is 0 Å². The van der Waals surface area contributed by atoms with Crippen molar-refractivity contribution in [1.29, 1.82) is 0 Å². The van der Waals surface area contributed by atoms with Crippen molar-refractivity contribution in [1.82, 2.24) is 10.2 Å². The first kappa shape index (κ1) is 16.3. The van der Waals surface area contributed by atoms with Crippen molar-refractivity contribution < 1.29 is 4.42 Å². The number of hydrogen-bond acceptors (Lipinski definition) is 3. The first-order valence-corrected chi connectivity index (χ1v) is 9.17. The van der Waals surface area contributed by atoms with E-state index in [2.05, 4.69) is 10.2 Å². The van der Waals surface area contributed by atoms with Gasteiger partial charge in [-0.1, -0.05) is 71.7 Å². The fraction of sp³-hybridized carbons (Fsp3) is 0. The molecule has 0 unspecified atom stereocenters. The summed E-state index contributed by atoms with van der Waals surface area (Å²) in [6.07, 6.45) is 0. The largest absolute Gasteiger partial charge is 0.416 e. The van der Waals surface area contributed by atoms with E-state index in [-0.39, 0.29) is 0 Å². The van der Waals surface area contributed by atoms with Gasteiger partial charge in [0.1, 0.15) is 0 Å². The second-order valence-electron chi connectivity index (χ2n) is 6.19. The maximum Gasteiger partial charge on any atom is 0.248 e. The van der Waals surface area contributed by atoms with E-state index < -0.39 is 0 Å². The summed E-state index contributed by atoms with van der Waals surface area (Å²) in [5.74, 6) is 0.911. The lowest BCUT2D eigenvalue weighted by Crippen LogP contribution is -1.82. The summed E-state index contributed by atoms with van der Waals surface area (Å²) in [5.41, 5.74) is 1.71. The minimum Gasteiger partial charge on any atom is -0.416 e. The van der Waals surface area contributed by atoms with Crippen LogP contribution in [0.5, 0.6) is 0 Å². The summed E-state index contributed by atoms with van der Waals surface area (Å²) in [7, 11) is 0. The van der Waals surface area contributed by atoms with Crippen molar-refractivity contribution in [3.8, 4) is 22.9 Å². The van der Waals surface area contributed by atoms with Gasteiger partial charge >= 0.3 is 0 Å². The van der Waals surface area contributed by atoms with Crippen LogP contribution in [0.15, 0.2) is 77.2 Å². The second-order valence-corrected chi connectivity index (χ2v) is 7.01. The van der Waals surface area contributed by atoms with E-state index in [1.54, 1.807) is 0 Å². The lowest BCUT2D eigenvalue weighted by Gasteiger charge is -2.05. The molecule has 0 aliphatic heterocycles. The quantitative estimate of drug-likeness (QED) is 0.325. The van der Waals surface area contributed by atoms with E-state index in [0.717, 1.165) is 32.7 Å². The molecule has 0 fully saturated rings. The Balaban J connectivity index is 1.69. The third-order valence-corrected chi connectivity index (χ3v) is 5.28. The predicted octanol–water partition coefficient (Wildman–Crippen LogP) is 7.02. The fourth-order valence-corrected chi connectivity index (χ4v) is 3.83.